The molecule has 3 atom stereocenters. The Morgan fingerprint density at radius 1 is 0.644 bits per heavy atom. The van der Waals surface area contributed by atoms with Gasteiger partial charge in [0, 0.05) is 13.3 Å². The van der Waals surface area contributed by atoms with Gasteiger partial charge in [0.05, 0.1) is 13.2 Å². The SMILES string of the molecule is CCCCCCCCCCCCCCCCCCCCCCCCC(=O)NC(COP(=O)(O)OCC(O)COC(C)=O)C(=O)O. The zero-order chi connectivity index (χ0) is 33.6. The molecule has 0 aliphatic carbocycles. The molecule has 0 saturated heterocycles. The van der Waals surface area contributed by atoms with Crippen molar-refractivity contribution in [2.24, 2.45) is 0 Å². The number of hydrogen-bond donors (Lipinski definition) is 4. The van der Waals surface area contributed by atoms with Crippen LogP contribution in [0.3, 0.4) is 0 Å². The second-order valence-corrected chi connectivity index (χ2v) is 13.6. The van der Waals surface area contributed by atoms with Crippen molar-refractivity contribution < 1.29 is 47.8 Å². The minimum atomic E-state index is -4.71. The Labute approximate surface area is 272 Å². The Kier molecular flexibility index (Phi) is 28.8. The van der Waals surface area contributed by atoms with E-state index in [2.05, 4.69) is 26.0 Å². The van der Waals surface area contributed by atoms with Gasteiger partial charge in [-0.05, 0) is 6.42 Å². The van der Waals surface area contributed by atoms with E-state index in [4.69, 9.17) is 0 Å². The number of phosphoric ester groups is 1. The molecule has 0 spiro atoms. The molecular formula is C33H64NO10P. The van der Waals surface area contributed by atoms with E-state index in [1.54, 1.807) is 0 Å². The Morgan fingerprint density at radius 3 is 1.40 bits per heavy atom. The normalized spacial score (nSPS) is 14.0. The van der Waals surface area contributed by atoms with E-state index in [-0.39, 0.29) is 6.42 Å². The van der Waals surface area contributed by atoms with Gasteiger partial charge in [0.15, 0.2) is 6.04 Å². The third kappa shape index (κ3) is 30.9. The number of amides is 1. The van der Waals surface area contributed by atoms with E-state index in [0.29, 0.717) is 6.42 Å². The number of carbonyl (C=O) groups is 3. The van der Waals surface area contributed by atoms with Crippen LogP contribution in [-0.2, 0) is 32.7 Å². The summed E-state index contributed by atoms with van der Waals surface area (Å²) < 4.78 is 25.7. The summed E-state index contributed by atoms with van der Waals surface area (Å²) >= 11 is 0. The van der Waals surface area contributed by atoms with E-state index in [0.717, 1.165) is 26.2 Å². The minimum Gasteiger partial charge on any atom is -0.480 e. The summed E-state index contributed by atoms with van der Waals surface area (Å²) in [6, 6.07) is -1.53. The average Bonchev–Trinajstić information content (AvgIpc) is 2.99. The number of rotatable bonds is 33. The molecule has 0 radical (unpaired) electrons. The maximum Gasteiger partial charge on any atom is 0.472 e. The van der Waals surface area contributed by atoms with Crippen LogP contribution in [0.2, 0.25) is 0 Å². The third-order valence-electron chi connectivity index (χ3n) is 7.70. The quantitative estimate of drug-likeness (QED) is 0.0311. The fraction of sp³-hybridized carbons (Fsp3) is 0.909. The summed E-state index contributed by atoms with van der Waals surface area (Å²) in [7, 11) is -4.71. The molecule has 0 aliphatic heterocycles. The molecule has 0 aromatic heterocycles. The van der Waals surface area contributed by atoms with Crippen LogP contribution in [0.25, 0.3) is 0 Å². The number of phosphoric acid groups is 1. The number of aliphatic carboxylic acids is 1. The topological polar surface area (TPSA) is 169 Å². The van der Waals surface area contributed by atoms with Gasteiger partial charge in [0.1, 0.15) is 12.7 Å². The van der Waals surface area contributed by atoms with Gasteiger partial charge in [-0.2, -0.15) is 0 Å². The molecule has 0 fully saturated rings. The Hall–Kier alpha value is -1.52. The van der Waals surface area contributed by atoms with Crippen LogP contribution in [0.5, 0.6) is 0 Å². The molecule has 0 aromatic carbocycles. The predicted octanol–water partition coefficient (Wildman–Crippen LogP) is 7.61. The highest BCUT2D eigenvalue weighted by atomic mass is 31.2. The fourth-order valence-electron chi connectivity index (χ4n) is 4.98. The van der Waals surface area contributed by atoms with Crippen molar-refractivity contribution >= 4 is 25.7 Å². The minimum absolute atomic E-state index is 0.151. The average molecular weight is 666 g/mol. The summed E-state index contributed by atoms with van der Waals surface area (Å²) in [5, 5.41) is 21.2. The first-order valence-corrected chi connectivity index (χ1v) is 19.0. The fourth-order valence-corrected chi connectivity index (χ4v) is 5.76. The van der Waals surface area contributed by atoms with Crippen molar-refractivity contribution in [2.75, 3.05) is 19.8 Å². The number of unbranched alkanes of at least 4 members (excludes halogenated alkanes) is 21. The number of aliphatic hydroxyl groups excluding tert-OH is 1. The molecule has 0 bridgehead atoms. The van der Waals surface area contributed by atoms with Crippen LogP contribution in [0.1, 0.15) is 162 Å². The first kappa shape index (κ1) is 43.5. The maximum absolute atomic E-state index is 12.2. The number of carboxylic acids is 1. The number of nitrogens with one attached hydrogen (secondary N) is 1. The monoisotopic (exact) mass is 665 g/mol. The molecule has 12 heteroatoms. The first-order valence-electron chi connectivity index (χ1n) is 17.5. The Balaban J connectivity index is 3.67. The molecule has 0 saturated carbocycles. The standard InChI is InChI=1S/C33H64NO10P/c1-3-4-5-6-7-8-9-10-11-12-13-14-15-16-17-18-19-20-21-22-23-24-25-32(37)34-31(33(38)39)28-44-45(40,41)43-27-30(36)26-42-29(2)35/h30-31,36H,3-28H2,1-2H3,(H,34,37)(H,38,39)(H,40,41). The molecule has 45 heavy (non-hydrogen) atoms. The number of carbonyl (C=O) groups excluding carboxylic acids is 2. The zero-order valence-corrected chi connectivity index (χ0v) is 29.1. The molecule has 11 nitrogen and oxygen atoms in total. The van der Waals surface area contributed by atoms with Crippen LogP contribution >= 0.6 is 7.82 Å². The molecule has 1 amide bonds. The Morgan fingerprint density at radius 2 is 1.02 bits per heavy atom. The number of hydrogen-bond acceptors (Lipinski definition) is 8. The largest absolute Gasteiger partial charge is 0.480 e. The number of ether oxygens (including phenoxy) is 1. The second-order valence-electron chi connectivity index (χ2n) is 12.1. The summed E-state index contributed by atoms with van der Waals surface area (Å²) in [5.41, 5.74) is 0. The first-order chi connectivity index (χ1) is 21.6. The lowest BCUT2D eigenvalue weighted by atomic mass is 10.0. The number of esters is 1. The van der Waals surface area contributed by atoms with Crippen molar-refractivity contribution in [3.8, 4) is 0 Å². The van der Waals surface area contributed by atoms with Crippen molar-refractivity contribution in [1.82, 2.24) is 5.32 Å². The molecule has 266 valence electrons. The van der Waals surface area contributed by atoms with Gasteiger partial charge in [0.2, 0.25) is 5.91 Å². The van der Waals surface area contributed by atoms with Gasteiger partial charge in [0.25, 0.3) is 0 Å². The van der Waals surface area contributed by atoms with E-state index < -0.39 is 57.6 Å². The highest BCUT2D eigenvalue weighted by molar-refractivity contribution is 7.47. The van der Waals surface area contributed by atoms with E-state index >= 15 is 0 Å². The molecule has 0 rings (SSSR count). The second kappa shape index (κ2) is 29.9. The third-order valence-corrected chi connectivity index (χ3v) is 8.65. The lowest BCUT2D eigenvalue weighted by Crippen LogP contribution is -2.43. The summed E-state index contributed by atoms with van der Waals surface area (Å²) in [6.07, 6.45) is 26.9. The van der Waals surface area contributed by atoms with Crippen LogP contribution in [0.4, 0.5) is 0 Å². The van der Waals surface area contributed by atoms with Gasteiger partial charge < -0.3 is 25.2 Å². The van der Waals surface area contributed by atoms with Gasteiger partial charge in [-0.25, -0.2) is 9.36 Å². The molecule has 0 aromatic rings. The lowest BCUT2D eigenvalue weighted by Gasteiger charge is -2.18. The van der Waals surface area contributed by atoms with Crippen LogP contribution in [-0.4, -0.2) is 64.9 Å². The molecule has 0 heterocycles. The van der Waals surface area contributed by atoms with Gasteiger partial charge >= 0.3 is 19.8 Å². The van der Waals surface area contributed by atoms with Gasteiger partial charge in [-0.15, -0.1) is 0 Å². The zero-order valence-electron chi connectivity index (χ0n) is 28.2. The maximum atomic E-state index is 12.2. The van der Waals surface area contributed by atoms with Crippen molar-refractivity contribution in [3.05, 3.63) is 0 Å². The smallest absolute Gasteiger partial charge is 0.472 e. The summed E-state index contributed by atoms with van der Waals surface area (Å²) in [5.74, 6) is -2.55. The highest BCUT2D eigenvalue weighted by Crippen LogP contribution is 2.43. The van der Waals surface area contributed by atoms with E-state index in [9.17, 15) is 34.1 Å². The van der Waals surface area contributed by atoms with Crippen molar-refractivity contribution in [1.29, 1.82) is 0 Å². The van der Waals surface area contributed by atoms with Gasteiger partial charge in [-0.3, -0.25) is 18.6 Å². The van der Waals surface area contributed by atoms with Gasteiger partial charge in [-0.1, -0.05) is 142 Å². The predicted molar refractivity (Wildman–Crippen MR) is 176 cm³/mol. The number of carboxylic acid groups (broad SMARTS) is 1. The van der Waals surface area contributed by atoms with E-state index in [1.807, 2.05) is 0 Å². The lowest BCUT2D eigenvalue weighted by molar-refractivity contribution is -0.144. The van der Waals surface area contributed by atoms with Crippen LogP contribution < -0.4 is 5.32 Å². The number of aliphatic hydroxyl groups is 1. The van der Waals surface area contributed by atoms with E-state index in [1.165, 1.54) is 116 Å². The molecule has 3 unspecified atom stereocenters. The van der Waals surface area contributed by atoms with Crippen LogP contribution in [0, 0.1) is 0 Å². The summed E-state index contributed by atoms with van der Waals surface area (Å²) in [4.78, 5) is 44.0. The highest BCUT2D eigenvalue weighted by Gasteiger charge is 2.28. The molecule has 0 aliphatic rings. The molecule has 4 N–H and O–H groups in total. The van der Waals surface area contributed by atoms with Crippen molar-refractivity contribution in [3.63, 3.8) is 0 Å². The van der Waals surface area contributed by atoms with Crippen molar-refractivity contribution in [2.45, 2.75) is 174 Å². The Bertz CT molecular complexity index is 797. The summed E-state index contributed by atoms with van der Waals surface area (Å²) in [6.45, 7) is 1.49. The molecular weight excluding hydrogens is 601 g/mol. The van der Waals surface area contributed by atoms with Crippen LogP contribution in [0.15, 0.2) is 0 Å².